The van der Waals surface area contributed by atoms with Crippen LogP contribution in [0.15, 0.2) is 23.8 Å². The molecular weight excluding hydrogens is 272 g/mol. The average Bonchev–Trinajstić information content (AvgIpc) is 2.69. The fourth-order valence-electron chi connectivity index (χ4n) is 1.83. The van der Waals surface area contributed by atoms with Crippen LogP contribution in [0.2, 0.25) is 0 Å². The van der Waals surface area contributed by atoms with E-state index in [9.17, 15) is 18.4 Å². The second kappa shape index (κ2) is 5.68. The zero-order valence-corrected chi connectivity index (χ0v) is 10.5. The molecule has 0 aliphatic carbocycles. The number of imide groups is 1. The highest BCUT2D eigenvalue weighted by Crippen LogP contribution is 2.34. The molecule has 0 saturated carbocycles. The Kier molecular flexibility index (Phi) is 3.97. The Hall–Kier alpha value is -2.44. The number of methoxy groups -OCH3 is 1. The van der Waals surface area contributed by atoms with E-state index >= 15 is 0 Å². The third kappa shape index (κ3) is 2.93. The lowest BCUT2D eigenvalue weighted by molar-refractivity contribution is -0.124. The third-order valence-corrected chi connectivity index (χ3v) is 2.66. The highest BCUT2D eigenvalue weighted by molar-refractivity contribution is 6.15. The highest BCUT2D eigenvalue weighted by Gasteiger charge is 2.24. The van der Waals surface area contributed by atoms with Gasteiger partial charge in [0, 0.05) is 11.1 Å². The van der Waals surface area contributed by atoms with Gasteiger partial charge in [-0.25, -0.2) is 0 Å². The maximum atomic E-state index is 12.4. The molecule has 0 aromatic heterocycles. The first kappa shape index (κ1) is 14.0. The van der Waals surface area contributed by atoms with Crippen LogP contribution in [0.1, 0.15) is 12.0 Å². The first-order valence-corrected chi connectivity index (χ1v) is 5.68. The summed E-state index contributed by atoms with van der Waals surface area (Å²) in [5.74, 6) is -1.03. The van der Waals surface area contributed by atoms with E-state index in [1.807, 2.05) is 0 Å². The molecule has 0 unspecified atom stereocenters. The molecule has 2 amide bonds. The Balaban J connectivity index is 2.43. The van der Waals surface area contributed by atoms with Crippen LogP contribution in [0.5, 0.6) is 11.5 Å². The summed E-state index contributed by atoms with van der Waals surface area (Å²) in [5, 5.41) is 2.11. The zero-order valence-electron chi connectivity index (χ0n) is 10.5. The van der Waals surface area contributed by atoms with Crippen LogP contribution in [0.25, 0.3) is 6.08 Å². The summed E-state index contributed by atoms with van der Waals surface area (Å²) in [6, 6.07) is 4.52. The number of rotatable bonds is 4. The maximum absolute atomic E-state index is 12.4. The number of carbonyl (C=O) groups excluding carboxylic acids is 2. The predicted octanol–water partition coefficient (Wildman–Crippen LogP) is 1.73. The molecular formula is C13H11F2NO4. The van der Waals surface area contributed by atoms with E-state index in [2.05, 4.69) is 10.1 Å². The van der Waals surface area contributed by atoms with Crippen LogP contribution >= 0.6 is 0 Å². The summed E-state index contributed by atoms with van der Waals surface area (Å²) in [7, 11) is 1.32. The van der Waals surface area contributed by atoms with E-state index in [0.29, 0.717) is 0 Å². The van der Waals surface area contributed by atoms with Crippen molar-refractivity contribution in [3.63, 3.8) is 0 Å². The topological polar surface area (TPSA) is 64.6 Å². The SMILES string of the molecule is COc1cccc(C=C2CC(=O)NC2=O)c1OC(F)F. The van der Waals surface area contributed by atoms with Crippen molar-refractivity contribution >= 4 is 17.9 Å². The monoisotopic (exact) mass is 283 g/mol. The van der Waals surface area contributed by atoms with Crippen LogP contribution in [0.4, 0.5) is 8.78 Å². The number of para-hydroxylation sites is 1. The molecule has 0 atom stereocenters. The van der Waals surface area contributed by atoms with E-state index < -0.39 is 18.4 Å². The Morgan fingerprint density at radius 3 is 2.65 bits per heavy atom. The molecule has 1 fully saturated rings. The molecule has 1 aliphatic rings. The van der Waals surface area contributed by atoms with Crippen molar-refractivity contribution < 1.29 is 27.8 Å². The van der Waals surface area contributed by atoms with Crippen LogP contribution in [-0.2, 0) is 9.59 Å². The van der Waals surface area contributed by atoms with Gasteiger partial charge in [-0.3, -0.25) is 14.9 Å². The van der Waals surface area contributed by atoms with Gasteiger partial charge in [0.15, 0.2) is 11.5 Å². The van der Waals surface area contributed by atoms with E-state index in [-0.39, 0.29) is 29.1 Å². The van der Waals surface area contributed by atoms with Gasteiger partial charge in [0.2, 0.25) is 5.91 Å². The molecule has 5 nitrogen and oxygen atoms in total. The van der Waals surface area contributed by atoms with Gasteiger partial charge in [0.25, 0.3) is 5.91 Å². The van der Waals surface area contributed by atoms with Gasteiger partial charge in [-0.1, -0.05) is 12.1 Å². The molecule has 1 aromatic rings. The van der Waals surface area contributed by atoms with Crippen molar-refractivity contribution in [3.05, 3.63) is 29.3 Å². The summed E-state index contributed by atoms with van der Waals surface area (Å²) < 4.78 is 34.2. The van der Waals surface area contributed by atoms with Crippen molar-refractivity contribution in [1.29, 1.82) is 0 Å². The van der Waals surface area contributed by atoms with E-state index in [1.165, 1.54) is 25.3 Å². The summed E-state index contributed by atoms with van der Waals surface area (Å²) in [6.07, 6.45) is 1.24. The molecule has 2 rings (SSSR count). The molecule has 0 spiro atoms. The minimum absolute atomic E-state index is 0.0931. The number of benzene rings is 1. The fourth-order valence-corrected chi connectivity index (χ4v) is 1.83. The largest absolute Gasteiger partial charge is 0.493 e. The normalized spacial score (nSPS) is 16.7. The minimum Gasteiger partial charge on any atom is -0.493 e. The molecule has 1 heterocycles. The van der Waals surface area contributed by atoms with E-state index in [0.717, 1.165) is 0 Å². The number of amides is 2. The summed E-state index contributed by atoms with van der Waals surface area (Å²) >= 11 is 0. The zero-order chi connectivity index (χ0) is 14.7. The first-order chi connectivity index (χ1) is 9.51. The lowest BCUT2D eigenvalue weighted by Crippen LogP contribution is -2.19. The van der Waals surface area contributed by atoms with Gasteiger partial charge < -0.3 is 9.47 Å². The Morgan fingerprint density at radius 2 is 2.10 bits per heavy atom. The van der Waals surface area contributed by atoms with Crippen molar-refractivity contribution in [3.8, 4) is 11.5 Å². The molecule has 1 N–H and O–H groups in total. The Bertz CT molecular complexity index is 584. The summed E-state index contributed by atoms with van der Waals surface area (Å²) in [6.45, 7) is -3.03. The lowest BCUT2D eigenvalue weighted by Gasteiger charge is -2.12. The van der Waals surface area contributed by atoms with E-state index in [1.54, 1.807) is 6.07 Å². The number of halogens is 2. The quantitative estimate of drug-likeness (QED) is 0.675. The van der Waals surface area contributed by atoms with Gasteiger partial charge in [-0.05, 0) is 12.1 Å². The van der Waals surface area contributed by atoms with Gasteiger partial charge in [-0.15, -0.1) is 0 Å². The summed E-state index contributed by atoms with van der Waals surface area (Å²) in [5.41, 5.74) is 0.423. The summed E-state index contributed by atoms with van der Waals surface area (Å²) in [4.78, 5) is 22.5. The minimum atomic E-state index is -3.03. The van der Waals surface area contributed by atoms with Crippen LogP contribution in [0, 0.1) is 0 Å². The average molecular weight is 283 g/mol. The van der Waals surface area contributed by atoms with Crippen molar-refractivity contribution in [2.75, 3.05) is 7.11 Å². The van der Waals surface area contributed by atoms with Gasteiger partial charge in [0.1, 0.15) is 0 Å². The Labute approximate surface area is 113 Å². The van der Waals surface area contributed by atoms with Crippen molar-refractivity contribution in [2.45, 2.75) is 13.0 Å². The first-order valence-electron chi connectivity index (χ1n) is 5.68. The van der Waals surface area contributed by atoms with Crippen LogP contribution in [-0.4, -0.2) is 25.5 Å². The molecule has 7 heteroatoms. The molecule has 20 heavy (non-hydrogen) atoms. The molecule has 1 aromatic carbocycles. The van der Waals surface area contributed by atoms with E-state index in [4.69, 9.17) is 4.74 Å². The fraction of sp³-hybridized carbons (Fsp3) is 0.231. The molecule has 0 bridgehead atoms. The number of ether oxygens (including phenoxy) is 2. The third-order valence-electron chi connectivity index (χ3n) is 2.66. The number of hydrogen-bond donors (Lipinski definition) is 1. The Morgan fingerprint density at radius 1 is 1.35 bits per heavy atom. The van der Waals surface area contributed by atoms with Gasteiger partial charge in [0.05, 0.1) is 13.5 Å². The lowest BCUT2D eigenvalue weighted by atomic mass is 10.1. The van der Waals surface area contributed by atoms with Crippen LogP contribution < -0.4 is 14.8 Å². The standard InChI is InChI=1S/C13H11F2NO4/c1-19-9-4-2-3-7(11(9)20-13(14)15)5-8-6-10(17)16-12(8)18/h2-5,13H,6H2,1H3,(H,16,17,18). The number of nitrogens with one attached hydrogen (secondary N) is 1. The van der Waals surface area contributed by atoms with Gasteiger partial charge >= 0.3 is 6.61 Å². The highest BCUT2D eigenvalue weighted by atomic mass is 19.3. The molecule has 106 valence electrons. The molecule has 1 saturated heterocycles. The second-order valence-corrected chi connectivity index (χ2v) is 3.98. The molecule has 1 aliphatic heterocycles. The second-order valence-electron chi connectivity index (χ2n) is 3.98. The maximum Gasteiger partial charge on any atom is 0.387 e. The smallest absolute Gasteiger partial charge is 0.387 e. The number of alkyl halides is 2. The van der Waals surface area contributed by atoms with Crippen molar-refractivity contribution in [2.24, 2.45) is 0 Å². The number of carbonyl (C=O) groups is 2. The predicted molar refractivity (Wildman–Crippen MR) is 65.4 cm³/mol. The number of hydrogen-bond acceptors (Lipinski definition) is 4. The van der Waals surface area contributed by atoms with Gasteiger partial charge in [-0.2, -0.15) is 8.78 Å². The van der Waals surface area contributed by atoms with Crippen molar-refractivity contribution in [1.82, 2.24) is 5.32 Å². The molecule has 0 radical (unpaired) electrons. The van der Waals surface area contributed by atoms with Crippen LogP contribution in [0.3, 0.4) is 0 Å².